The lowest BCUT2D eigenvalue weighted by atomic mass is 9.98. The fourth-order valence-electron chi connectivity index (χ4n) is 4.59. The Morgan fingerprint density at radius 2 is 1.70 bits per heavy atom. The molecule has 0 spiro atoms. The minimum absolute atomic E-state index is 0.0318. The number of nitrogens with zero attached hydrogens (tertiary/aromatic N) is 1. The summed E-state index contributed by atoms with van der Waals surface area (Å²) in [6.45, 7) is 0.631. The van der Waals surface area contributed by atoms with E-state index in [0.717, 1.165) is 22.3 Å². The van der Waals surface area contributed by atoms with Gasteiger partial charge < -0.3 is 20.1 Å². The Bertz CT molecular complexity index is 1040. The van der Waals surface area contributed by atoms with Crippen molar-refractivity contribution in [1.82, 2.24) is 10.2 Å². The predicted molar refractivity (Wildman–Crippen MR) is 115 cm³/mol. The van der Waals surface area contributed by atoms with E-state index in [4.69, 9.17) is 4.74 Å². The molecule has 2 atom stereocenters. The van der Waals surface area contributed by atoms with Gasteiger partial charge in [0.1, 0.15) is 18.7 Å². The van der Waals surface area contributed by atoms with Crippen LogP contribution in [0.3, 0.4) is 0 Å². The fraction of sp³-hybridized carbons (Fsp3) is 0.375. The van der Waals surface area contributed by atoms with Crippen LogP contribution in [-0.2, 0) is 14.3 Å². The van der Waals surface area contributed by atoms with Crippen molar-refractivity contribution < 1.29 is 33.0 Å². The quantitative estimate of drug-likeness (QED) is 0.689. The maximum atomic E-state index is 13.8. The molecule has 7 nitrogen and oxygen atoms in total. The van der Waals surface area contributed by atoms with Gasteiger partial charge in [0.2, 0.25) is 5.91 Å². The Balaban J connectivity index is 1.42. The minimum Gasteiger partial charge on any atom is -0.480 e. The molecule has 0 saturated carbocycles. The number of alkyl halides is 2. The smallest absolute Gasteiger partial charge is 0.407 e. The van der Waals surface area contributed by atoms with Crippen LogP contribution in [0.15, 0.2) is 48.5 Å². The second-order valence-corrected chi connectivity index (χ2v) is 8.31. The molecule has 9 heteroatoms. The Morgan fingerprint density at radius 1 is 1.12 bits per heavy atom. The van der Waals surface area contributed by atoms with Gasteiger partial charge in [-0.3, -0.25) is 4.79 Å². The number of carboxylic acid groups (broad SMARTS) is 1. The van der Waals surface area contributed by atoms with Crippen molar-refractivity contribution in [3.63, 3.8) is 0 Å². The summed E-state index contributed by atoms with van der Waals surface area (Å²) < 4.78 is 32.9. The van der Waals surface area contributed by atoms with E-state index in [9.17, 15) is 28.3 Å². The van der Waals surface area contributed by atoms with Crippen LogP contribution in [0, 0.1) is 0 Å². The minimum atomic E-state index is -3.29. The molecule has 1 aliphatic heterocycles. The van der Waals surface area contributed by atoms with Crippen molar-refractivity contribution >= 4 is 18.0 Å². The summed E-state index contributed by atoms with van der Waals surface area (Å²) in [4.78, 5) is 37.2. The first-order valence-corrected chi connectivity index (χ1v) is 10.7. The Labute approximate surface area is 189 Å². The predicted octanol–water partition coefficient (Wildman–Crippen LogP) is 3.62. The van der Waals surface area contributed by atoms with E-state index < -0.39 is 48.9 Å². The van der Waals surface area contributed by atoms with Crippen LogP contribution in [0.1, 0.15) is 36.8 Å². The third-order valence-corrected chi connectivity index (χ3v) is 6.18. The van der Waals surface area contributed by atoms with E-state index in [-0.39, 0.29) is 18.9 Å². The number of alkyl carbamates (subject to hydrolysis) is 1. The zero-order valence-corrected chi connectivity index (χ0v) is 18.0. The summed E-state index contributed by atoms with van der Waals surface area (Å²) >= 11 is 0. The van der Waals surface area contributed by atoms with Gasteiger partial charge in [0.05, 0.1) is 6.54 Å². The summed E-state index contributed by atoms with van der Waals surface area (Å²) in [6, 6.07) is 12.9. The molecule has 2 aromatic carbocycles. The Kier molecular flexibility index (Phi) is 6.05. The lowest BCUT2D eigenvalue weighted by Gasteiger charge is -2.26. The molecule has 1 saturated heterocycles. The summed E-state index contributed by atoms with van der Waals surface area (Å²) in [7, 11) is 0. The van der Waals surface area contributed by atoms with Gasteiger partial charge in [-0.25, -0.2) is 18.4 Å². The lowest BCUT2D eigenvalue weighted by molar-refractivity contribution is -0.149. The van der Waals surface area contributed by atoms with Gasteiger partial charge in [-0.05, 0) is 28.7 Å². The highest BCUT2D eigenvalue weighted by molar-refractivity contribution is 5.90. The number of nitrogens with one attached hydrogen (secondary N) is 1. The number of hydrogen-bond donors (Lipinski definition) is 2. The molecule has 1 heterocycles. The molecule has 2 N–H and O–H groups in total. The molecule has 2 aromatic rings. The van der Waals surface area contributed by atoms with Crippen LogP contribution in [0.25, 0.3) is 11.1 Å². The van der Waals surface area contributed by atoms with E-state index in [1.165, 1.54) is 0 Å². The molecule has 1 aliphatic carbocycles. The van der Waals surface area contributed by atoms with Crippen molar-refractivity contribution in [1.29, 1.82) is 0 Å². The molecule has 0 radical (unpaired) electrons. The maximum absolute atomic E-state index is 13.8. The average Bonchev–Trinajstić information content (AvgIpc) is 3.30. The zero-order valence-electron chi connectivity index (χ0n) is 18.0. The maximum Gasteiger partial charge on any atom is 0.407 e. The number of amides is 2. The van der Waals surface area contributed by atoms with Crippen LogP contribution >= 0.6 is 0 Å². The van der Waals surface area contributed by atoms with E-state index >= 15 is 0 Å². The number of carbonyl (C=O) groups is 3. The van der Waals surface area contributed by atoms with Crippen molar-refractivity contribution in [3.05, 3.63) is 59.7 Å². The standard InChI is InChI=1S/C24H24F2N2O5/c1-2-19(21(29)28-13-24(25,26)11-20(28)22(30)31)27-23(32)33-12-18-16-9-5-3-7-14(16)15-8-4-6-10-17(15)18/h3-10,18-20H,2,11-13H2,1H3,(H,27,32)(H,30,31). The highest BCUT2D eigenvalue weighted by Gasteiger charge is 2.51. The highest BCUT2D eigenvalue weighted by Crippen LogP contribution is 2.44. The number of carboxylic acids is 1. The van der Waals surface area contributed by atoms with E-state index in [0.29, 0.717) is 4.90 Å². The molecule has 2 unspecified atom stereocenters. The molecule has 174 valence electrons. The van der Waals surface area contributed by atoms with Gasteiger partial charge in [0, 0.05) is 12.3 Å². The molecule has 2 amide bonds. The number of carbonyl (C=O) groups excluding carboxylic acids is 2. The molecule has 0 bridgehead atoms. The molecule has 1 fully saturated rings. The van der Waals surface area contributed by atoms with Crippen molar-refractivity contribution in [2.45, 2.75) is 43.7 Å². The third kappa shape index (κ3) is 4.40. The summed E-state index contributed by atoms with van der Waals surface area (Å²) in [6.07, 6.45) is -1.72. The fourth-order valence-corrected chi connectivity index (χ4v) is 4.59. The van der Waals surface area contributed by atoms with Gasteiger partial charge >= 0.3 is 12.1 Å². The molecule has 0 aromatic heterocycles. The lowest BCUT2D eigenvalue weighted by Crippen LogP contribution is -2.51. The topological polar surface area (TPSA) is 95.9 Å². The van der Waals surface area contributed by atoms with Gasteiger partial charge in [0.25, 0.3) is 5.92 Å². The zero-order chi connectivity index (χ0) is 23.8. The number of likely N-dealkylation sites (tertiary alicyclic amines) is 1. The molecular formula is C24H24F2N2O5. The number of ether oxygens (including phenoxy) is 1. The van der Waals surface area contributed by atoms with Crippen molar-refractivity contribution in [2.24, 2.45) is 0 Å². The summed E-state index contributed by atoms with van der Waals surface area (Å²) in [5.74, 6) is -5.83. The largest absolute Gasteiger partial charge is 0.480 e. The van der Waals surface area contributed by atoms with Gasteiger partial charge in [0.15, 0.2) is 0 Å². The summed E-state index contributed by atoms with van der Waals surface area (Å²) in [5, 5.41) is 11.6. The van der Waals surface area contributed by atoms with Gasteiger partial charge in [-0.15, -0.1) is 0 Å². The number of hydrogen-bond acceptors (Lipinski definition) is 4. The van der Waals surface area contributed by atoms with E-state index in [1.54, 1.807) is 6.92 Å². The second-order valence-electron chi connectivity index (χ2n) is 8.31. The van der Waals surface area contributed by atoms with Crippen molar-refractivity contribution in [3.8, 4) is 11.1 Å². The molecular weight excluding hydrogens is 434 g/mol. The number of aliphatic carboxylic acids is 1. The first kappa shape index (κ1) is 22.7. The number of benzene rings is 2. The molecule has 2 aliphatic rings. The second kappa shape index (κ2) is 8.80. The third-order valence-electron chi connectivity index (χ3n) is 6.18. The van der Waals surface area contributed by atoms with Crippen molar-refractivity contribution in [2.75, 3.05) is 13.2 Å². The normalized spacial score (nSPS) is 19.5. The van der Waals surface area contributed by atoms with Crippen LogP contribution in [-0.4, -0.2) is 59.1 Å². The van der Waals surface area contributed by atoms with Crippen LogP contribution < -0.4 is 5.32 Å². The van der Waals surface area contributed by atoms with Crippen LogP contribution in [0.5, 0.6) is 0 Å². The van der Waals surface area contributed by atoms with E-state index in [1.807, 2.05) is 48.5 Å². The number of fused-ring (bicyclic) bond motifs is 3. The average molecular weight is 458 g/mol. The first-order valence-electron chi connectivity index (χ1n) is 10.7. The van der Waals surface area contributed by atoms with Crippen LogP contribution in [0.2, 0.25) is 0 Å². The number of rotatable bonds is 6. The highest BCUT2D eigenvalue weighted by atomic mass is 19.3. The van der Waals surface area contributed by atoms with Gasteiger partial charge in [-0.2, -0.15) is 0 Å². The Morgan fingerprint density at radius 3 is 2.24 bits per heavy atom. The summed E-state index contributed by atoms with van der Waals surface area (Å²) in [5.41, 5.74) is 4.19. The van der Waals surface area contributed by atoms with Gasteiger partial charge in [-0.1, -0.05) is 55.5 Å². The Hall–Kier alpha value is -3.49. The van der Waals surface area contributed by atoms with Crippen LogP contribution in [0.4, 0.5) is 13.6 Å². The monoisotopic (exact) mass is 458 g/mol. The van der Waals surface area contributed by atoms with E-state index in [2.05, 4.69) is 5.32 Å². The molecule has 4 rings (SSSR count). The SMILES string of the molecule is CCC(NC(=O)OCC1c2ccccc2-c2ccccc21)C(=O)N1CC(F)(F)CC1C(=O)O. The molecule has 33 heavy (non-hydrogen) atoms. The number of halogens is 2. The first-order chi connectivity index (χ1) is 15.7.